The van der Waals surface area contributed by atoms with Crippen LogP contribution in [0.1, 0.15) is 79.3 Å². The molecular formula is C37H40ClN3. The van der Waals surface area contributed by atoms with Gasteiger partial charge in [-0.1, -0.05) is 104 Å². The van der Waals surface area contributed by atoms with Crippen LogP contribution in [0.4, 0.5) is 0 Å². The Bertz CT molecular complexity index is 1880. The summed E-state index contributed by atoms with van der Waals surface area (Å²) in [5.41, 5.74) is 8.83. The van der Waals surface area contributed by atoms with Crippen LogP contribution in [-0.2, 0) is 16.2 Å². The molecule has 6 aromatic rings. The molecule has 0 saturated heterocycles. The summed E-state index contributed by atoms with van der Waals surface area (Å²) in [5.74, 6) is 0.990. The third-order valence-electron chi connectivity index (χ3n) is 8.17. The molecule has 0 spiro atoms. The lowest BCUT2D eigenvalue weighted by Gasteiger charge is -2.22. The molecule has 0 unspecified atom stereocenters. The monoisotopic (exact) mass is 561 g/mol. The van der Waals surface area contributed by atoms with Crippen LogP contribution < -0.4 is 0 Å². The van der Waals surface area contributed by atoms with Gasteiger partial charge in [-0.25, -0.2) is 4.98 Å². The lowest BCUT2D eigenvalue weighted by atomic mass is 9.85. The number of aromatic nitrogens is 3. The number of halogens is 1. The van der Waals surface area contributed by atoms with Gasteiger partial charge in [-0.3, -0.25) is 4.57 Å². The Balaban J connectivity index is 1.69. The molecule has 0 fully saturated rings. The first kappa shape index (κ1) is 27.6. The number of imidazole rings is 1. The van der Waals surface area contributed by atoms with Crippen molar-refractivity contribution in [2.24, 2.45) is 0 Å². The number of hydrogen-bond acceptors (Lipinski definition) is 1. The highest BCUT2D eigenvalue weighted by molar-refractivity contribution is 6.34. The molecule has 41 heavy (non-hydrogen) atoms. The van der Waals surface area contributed by atoms with Gasteiger partial charge >= 0.3 is 0 Å². The van der Waals surface area contributed by atoms with Crippen LogP contribution in [0, 0.1) is 0 Å². The van der Waals surface area contributed by atoms with Gasteiger partial charge < -0.3 is 4.57 Å². The van der Waals surface area contributed by atoms with Crippen molar-refractivity contribution < 1.29 is 0 Å². The van der Waals surface area contributed by atoms with Crippen LogP contribution >= 0.6 is 11.6 Å². The number of nitrogens with zero attached hydrogens (tertiary/aromatic N) is 3. The van der Waals surface area contributed by atoms with Gasteiger partial charge in [0.25, 0.3) is 0 Å². The standard InChI is InChI=1S/C37H40ClN3/c1-35(2,3)23-17-19-28-25(21-23)26-22-24(36(4,5)6)18-20-29(26)40(28)31-15-12-16-32(33(31)38)41-30-14-11-10-13-27(30)39-34(41)37(7,8)9/h10-22H,1-9H3. The van der Waals surface area contributed by atoms with Crippen molar-refractivity contribution in [2.45, 2.75) is 78.6 Å². The van der Waals surface area contributed by atoms with E-state index in [0.717, 1.165) is 39.3 Å². The van der Waals surface area contributed by atoms with Gasteiger partial charge in [-0.2, -0.15) is 0 Å². The van der Waals surface area contributed by atoms with E-state index in [1.165, 1.54) is 21.9 Å². The fraction of sp³-hybridized carbons (Fsp3) is 0.324. The van der Waals surface area contributed by atoms with E-state index in [1.807, 2.05) is 6.07 Å². The molecule has 3 nitrogen and oxygen atoms in total. The molecule has 0 aliphatic carbocycles. The van der Waals surface area contributed by atoms with Crippen molar-refractivity contribution in [1.82, 2.24) is 14.1 Å². The molecule has 4 heteroatoms. The maximum absolute atomic E-state index is 7.45. The topological polar surface area (TPSA) is 22.8 Å². The van der Waals surface area contributed by atoms with Gasteiger partial charge in [0, 0.05) is 16.2 Å². The van der Waals surface area contributed by atoms with E-state index in [1.54, 1.807) is 0 Å². The van der Waals surface area contributed by atoms with Gasteiger partial charge in [0.2, 0.25) is 0 Å². The quantitative estimate of drug-likeness (QED) is 0.206. The molecule has 0 radical (unpaired) electrons. The van der Waals surface area contributed by atoms with E-state index in [4.69, 9.17) is 16.6 Å². The zero-order chi connectivity index (χ0) is 29.5. The largest absolute Gasteiger partial charge is 0.308 e. The molecule has 4 aromatic carbocycles. The maximum Gasteiger partial charge on any atom is 0.119 e. The number of para-hydroxylation sites is 2. The van der Waals surface area contributed by atoms with Crippen LogP contribution in [0.5, 0.6) is 0 Å². The molecule has 0 amide bonds. The highest BCUT2D eigenvalue weighted by Gasteiger charge is 2.27. The van der Waals surface area contributed by atoms with E-state index < -0.39 is 0 Å². The van der Waals surface area contributed by atoms with Gasteiger partial charge in [-0.15, -0.1) is 0 Å². The Morgan fingerprint density at radius 3 is 1.56 bits per heavy atom. The summed E-state index contributed by atoms with van der Waals surface area (Å²) >= 11 is 7.45. The second kappa shape index (κ2) is 9.22. The molecule has 2 heterocycles. The summed E-state index contributed by atoms with van der Waals surface area (Å²) in [4.78, 5) is 5.06. The summed E-state index contributed by atoms with van der Waals surface area (Å²) in [7, 11) is 0. The smallest absolute Gasteiger partial charge is 0.119 e. The van der Waals surface area contributed by atoms with Crippen molar-refractivity contribution in [3.05, 3.63) is 101 Å². The first-order chi connectivity index (χ1) is 19.2. The average Bonchev–Trinajstić information content (AvgIpc) is 3.44. The van der Waals surface area contributed by atoms with Crippen molar-refractivity contribution in [3.63, 3.8) is 0 Å². The fourth-order valence-corrected chi connectivity index (χ4v) is 6.14. The Hall–Kier alpha value is -3.56. The molecule has 0 bridgehead atoms. The number of benzene rings is 4. The van der Waals surface area contributed by atoms with Crippen molar-refractivity contribution in [1.29, 1.82) is 0 Å². The predicted octanol–water partition coefficient (Wildman–Crippen LogP) is 10.7. The average molecular weight is 562 g/mol. The zero-order valence-electron chi connectivity index (χ0n) is 25.7. The molecule has 0 saturated carbocycles. The number of hydrogen-bond donors (Lipinski definition) is 0. The van der Waals surface area contributed by atoms with Crippen LogP contribution in [0.3, 0.4) is 0 Å². The summed E-state index contributed by atoms with van der Waals surface area (Å²) in [6, 6.07) is 28.5. The second-order valence-corrected chi connectivity index (χ2v) is 14.8. The Labute approximate surface area is 248 Å². The van der Waals surface area contributed by atoms with Crippen molar-refractivity contribution in [3.8, 4) is 11.4 Å². The molecule has 210 valence electrons. The minimum absolute atomic E-state index is 0.0493. The van der Waals surface area contributed by atoms with E-state index in [-0.39, 0.29) is 16.2 Å². The Morgan fingerprint density at radius 2 is 1.05 bits per heavy atom. The second-order valence-electron chi connectivity index (χ2n) is 14.4. The van der Waals surface area contributed by atoms with Crippen LogP contribution in [0.25, 0.3) is 44.2 Å². The normalized spacial score (nSPS) is 13.1. The van der Waals surface area contributed by atoms with Crippen molar-refractivity contribution in [2.75, 3.05) is 0 Å². The Morgan fingerprint density at radius 1 is 0.537 bits per heavy atom. The van der Waals surface area contributed by atoms with E-state index in [9.17, 15) is 0 Å². The molecule has 0 aliphatic rings. The maximum atomic E-state index is 7.45. The first-order valence-electron chi connectivity index (χ1n) is 14.5. The highest BCUT2D eigenvalue weighted by atomic mass is 35.5. The molecule has 6 rings (SSSR count). The third-order valence-corrected chi connectivity index (χ3v) is 8.56. The summed E-state index contributed by atoms with van der Waals surface area (Å²) in [5, 5.41) is 3.21. The van der Waals surface area contributed by atoms with Gasteiger partial charge in [0.15, 0.2) is 0 Å². The van der Waals surface area contributed by atoms with Gasteiger partial charge in [0.05, 0.1) is 38.5 Å². The zero-order valence-corrected chi connectivity index (χ0v) is 26.5. The van der Waals surface area contributed by atoms with Crippen LogP contribution in [-0.4, -0.2) is 14.1 Å². The van der Waals surface area contributed by atoms with E-state index in [0.29, 0.717) is 5.02 Å². The summed E-state index contributed by atoms with van der Waals surface area (Å²) < 4.78 is 4.58. The lowest BCUT2D eigenvalue weighted by Crippen LogP contribution is -2.18. The third kappa shape index (κ3) is 4.55. The molecule has 2 aromatic heterocycles. The van der Waals surface area contributed by atoms with E-state index >= 15 is 0 Å². The molecule has 0 N–H and O–H groups in total. The molecular weight excluding hydrogens is 522 g/mol. The van der Waals surface area contributed by atoms with Gasteiger partial charge in [0.1, 0.15) is 5.82 Å². The minimum Gasteiger partial charge on any atom is -0.308 e. The summed E-state index contributed by atoms with van der Waals surface area (Å²) in [6.07, 6.45) is 0. The van der Waals surface area contributed by atoms with Crippen LogP contribution in [0.2, 0.25) is 5.02 Å². The predicted molar refractivity (Wildman–Crippen MR) is 177 cm³/mol. The van der Waals surface area contributed by atoms with Crippen LogP contribution in [0.15, 0.2) is 78.9 Å². The lowest BCUT2D eigenvalue weighted by molar-refractivity contribution is 0.539. The number of rotatable bonds is 2. The Kier molecular flexibility index (Phi) is 6.21. The minimum atomic E-state index is -0.169. The highest BCUT2D eigenvalue weighted by Crippen LogP contribution is 2.41. The fourth-order valence-electron chi connectivity index (χ4n) is 5.84. The molecule has 0 aliphatic heterocycles. The number of fused-ring (bicyclic) bond motifs is 4. The molecule has 0 atom stereocenters. The first-order valence-corrected chi connectivity index (χ1v) is 14.9. The van der Waals surface area contributed by atoms with E-state index in [2.05, 4.69) is 144 Å². The van der Waals surface area contributed by atoms with Gasteiger partial charge in [-0.05, 0) is 70.5 Å². The summed E-state index contributed by atoms with van der Waals surface area (Å²) in [6.45, 7) is 20.3. The van der Waals surface area contributed by atoms with Crippen molar-refractivity contribution >= 4 is 44.4 Å². The SMILES string of the molecule is CC(C)(C)c1ccc2c(c1)c1cc(C(C)(C)C)ccc1n2-c1cccc(-n2c(C(C)(C)C)nc3ccccc32)c1Cl.